The Balaban J connectivity index is 1.66. The fraction of sp³-hybridized carbons (Fsp3) is 0.0455. The lowest BCUT2D eigenvalue weighted by Crippen LogP contribution is -2.17. The quantitative estimate of drug-likeness (QED) is 0.503. The van der Waals surface area contributed by atoms with E-state index in [9.17, 15) is 9.59 Å². The Kier molecular flexibility index (Phi) is 4.97. The van der Waals surface area contributed by atoms with Gasteiger partial charge in [-0.3, -0.25) is 9.59 Å². The van der Waals surface area contributed by atoms with Gasteiger partial charge in [-0.15, -0.1) is 11.3 Å². The third kappa shape index (κ3) is 3.68. The van der Waals surface area contributed by atoms with E-state index in [1.165, 1.54) is 11.3 Å². The smallest absolute Gasteiger partial charge is 0.294 e. The Morgan fingerprint density at radius 2 is 1.62 bits per heavy atom. The van der Waals surface area contributed by atoms with E-state index in [1.807, 2.05) is 67.6 Å². The molecule has 4 rings (SSSR count). The SMILES string of the molecule is Cc1sc(NC(=O)c2cc(-c3ccccc3)no2)c(C(N)=O)c1-c1ccccc1. The average molecular weight is 403 g/mol. The number of primary amides is 1. The second-order valence-electron chi connectivity index (χ2n) is 6.36. The third-order valence-corrected chi connectivity index (χ3v) is 5.44. The number of hydrogen-bond acceptors (Lipinski definition) is 5. The maximum atomic E-state index is 12.7. The molecule has 0 aliphatic carbocycles. The molecule has 2 amide bonds. The van der Waals surface area contributed by atoms with E-state index in [4.69, 9.17) is 10.3 Å². The monoisotopic (exact) mass is 403 g/mol. The van der Waals surface area contributed by atoms with Crippen molar-refractivity contribution in [1.29, 1.82) is 0 Å². The molecule has 2 aromatic heterocycles. The first-order valence-corrected chi connectivity index (χ1v) is 9.68. The van der Waals surface area contributed by atoms with Crippen LogP contribution in [0.1, 0.15) is 25.8 Å². The molecule has 0 spiro atoms. The average Bonchev–Trinajstić information content (AvgIpc) is 3.34. The van der Waals surface area contributed by atoms with E-state index in [0.717, 1.165) is 21.6 Å². The summed E-state index contributed by atoms with van der Waals surface area (Å²) in [6.45, 7) is 1.89. The van der Waals surface area contributed by atoms with Crippen molar-refractivity contribution in [1.82, 2.24) is 5.16 Å². The number of aromatic nitrogens is 1. The van der Waals surface area contributed by atoms with E-state index in [-0.39, 0.29) is 11.3 Å². The number of carbonyl (C=O) groups is 2. The molecule has 7 heteroatoms. The number of amides is 2. The summed E-state index contributed by atoms with van der Waals surface area (Å²) < 4.78 is 5.20. The highest BCUT2D eigenvalue weighted by Gasteiger charge is 2.24. The summed E-state index contributed by atoms with van der Waals surface area (Å²) in [5, 5.41) is 7.09. The summed E-state index contributed by atoms with van der Waals surface area (Å²) in [6, 6.07) is 20.4. The van der Waals surface area contributed by atoms with Gasteiger partial charge in [-0.2, -0.15) is 0 Å². The van der Waals surface area contributed by atoms with Crippen LogP contribution in [0.3, 0.4) is 0 Å². The highest BCUT2D eigenvalue weighted by Crippen LogP contribution is 2.39. The van der Waals surface area contributed by atoms with E-state index >= 15 is 0 Å². The van der Waals surface area contributed by atoms with Gasteiger partial charge in [0.25, 0.3) is 11.8 Å². The van der Waals surface area contributed by atoms with Crippen LogP contribution in [0, 0.1) is 6.92 Å². The molecule has 0 bridgehead atoms. The minimum Gasteiger partial charge on any atom is -0.365 e. The van der Waals surface area contributed by atoms with Gasteiger partial charge >= 0.3 is 0 Å². The molecule has 144 valence electrons. The number of nitrogens with one attached hydrogen (secondary N) is 1. The van der Waals surface area contributed by atoms with E-state index in [2.05, 4.69) is 10.5 Å². The van der Waals surface area contributed by atoms with Crippen LogP contribution in [0.25, 0.3) is 22.4 Å². The topological polar surface area (TPSA) is 98.2 Å². The predicted octanol–water partition coefficient (Wildman–Crippen LogP) is 4.73. The van der Waals surface area contributed by atoms with E-state index in [0.29, 0.717) is 10.7 Å². The predicted molar refractivity (Wildman–Crippen MR) is 113 cm³/mol. The minimum absolute atomic E-state index is 0.0478. The maximum Gasteiger partial charge on any atom is 0.294 e. The first-order valence-electron chi connectivity index (χ1n) is 8.86. The fourth-order valence-corrected chi connectivity index (χ4v) is 4.19. The van der Waals surface area contributed by atoms with Gasteiger partial charge in [0.2, 0.25) is 5.76 Å². The molecule has 0 aliphatic heterocycles. The Hall–Kier alpha value is -3.71. The van der Waals surface area contributed by atoms with Gasteiger partial charge in [0.05, 0.1) is 5.56 Å². The van der Waals surface area contributed by atoms with Gasteiger partial charge in [-0.1, -0.05) is 65.8 Å². The van der Waals surface area contributed by atoms with Gasteiger partial charge < -0.3 is 15.6 Å². The number of carbonyl (C=O) groups excluding carboxylic acids is 2. The Labute approximate surface area is 171 Å². The fourth-order valence-electron chi connectivity index (χ4n) is 3.11. The van der Waals surface area contributed by atoms with Crippen molar-refractivity contribution in [2.24, 2.45) is 5.73 Å². The van der Waals surface area contributed by atoms with Crippen molar-refractivity contribution in [3.8, 4) is 22.4 Å². The van der Waals surface area contributed by atoms with Crippen molar-refractivity contribution in [3.05, 3.63) is 82.9 Å². The molecule has 4 aromatic rings. The third-order valence-electron chi connectivity index (χ3n) is 4.42. The van der Waals surface area contributed by atoms with Crippen LogP contribution >= 0.6 is 11.3 Å². The Morgan fingerprint density at radius 3 is 2.24 bits per heavy atom. The van der Waals surface area contributed by atoms with Crippen LogP contribution in [0.2, 0.25) is 0 Å². The van der Waals surface area contributed by atoms with Crippen LogP contribution in [0.4, 0.5) is 5.00 Å². The zero-order valence-corrected chi connectivity index (χ0v) is 16.3. The summed E-state index contributed by atoms with van der Waals surface area (Å²) in [4.78, 5) is 25.8. The van der Waals surface area contributed by atoms with Crippen molar-refractivity contribution >= 4 is 28.2 Å². The standard InChI is InChI=1S/C22H17N3O3S/c1-13-18(15-10-6-3-7-11-15)19(20(23)26)22(29-13)24-21(27)17-12-16(25-28-17)14-8-4-2-5-9-14/h2-12H,1H3,(H2,23,26)(H,24,27). The number of rotatable bonds is 5. The van der Waals surface area contributed by atoms with Crippen LogP contribution < -0.4 is 11.1 Å². The minimum atomic E-state index is -0.606. The second kappa shape index (κ2) is 7.73. The molecule has 2 aromatic carbocycles. The molecule has 0 radical (unpaired) electrons. The number of aryl methyl sites for hydroxylation is 1. The largest absolute Gasteiger partial charge is 0.365 e. The van der Waals surface area contributed by atoms with Crippen LogP contribution in [-0.2, 0) is 0 Å². The lowest BCUT2D eigenvalue weighted by atomic mass is 10.0. The zero-order chi connectivity index (χ0) is 20.4. The van der Waals surface area contributed by atoms with Gasteiger partial charge in [0.1, 0.15) is 10.7 Å². The molecule has 0 aliphatic rings. The van der Waals surface area contributed by atoms with Crippen LogP contribution in [-0.4, -0.2) is 17.0 Å². The van der Waals surface area contributed by atoms with Gasteiger partial charge in [-0.25, -0.2) is 0 Å². The lowest BCUT2D eigenvalue weighted by Gasteiger charge is -2.05. The molecule has 29 heavy (non-hydrogen) atoms. The second-order valence-corrected chi connectivity index (χ2v) is 7.59. The number of hydrogen-bond donors (Lipinski definition) is 2. The molecule has 0 saturated carbocycles. The molecular weight excluding hydrogens is 386 g/mol. The number of nitrogens with zero attached hydrogens (tertiary/aromatic N) is 1. The molecule has 3 N–H and O–H groups in total. The van der Waals surface area contributed by atoms with E-state index < -0.39 is 11.8 Å². The van der Waals surface area contributed by atoms with Gasteiger partial charge in [0.15, 0.2) is 0 Å². The number of thiophene rings is 1. The van der Waals surface area contributed by atoms with Crippen molar-refractivity contribution < 1.29 is 14.1 Å². The maximum absolute atomic E-state index is 12.7. The summed E-state index contributed by atoms with van der Waals surface area (Å²) >= 11 is 1.30. The molecule has 0 atom stereocenters. The van der Waals surface area contributed by atoms with Crippen molar-refractivity contribution in [2.45, 2.75) is 6.92 Å². The first kappa shape index (κ1) is 18.6. The van der Waals surface area contributed by atoms with Gasteiger partial charge in [-0.05, 0) is 12.5 Å². The molecule has 0 unspecified atom stereocenters. The van der Waals surface area contributed by atoms with Crippen molar-refractivity contribution in [2.75, 3.05) is 5.32 Å². The molecule has 6 nitrogen and oxygen atoms in total. The summed E-state index contributed by atoms with van der Waals surface area (Å²) in [6.07, 6.45) is 0. The van der Waals surface area contributed by atoms with Crippen LogP contribution in [0.15, 0.2) is 71.3 Å². The Bertz CT molecular complexity index is 1180. The van der Waals surface area contributed by atoms with Crippen molar-refractivity contribution in [3.63, 3.8) is 0 Å². The number of anilines is 1. The number of nitrogens with two attached hydrogens (primary N) is 1. The molecule has 0 fully saturated rings. The summed E-state index contributed by atoms with van der Waals surface area (Å²) in [7, 11) is 0. The lowest BCUT2D eigenvalue weighted by molar-refractivity contribution is 0.0988. The Morgan fingerprint density at radius 1 is 1.00 bits per heavy atom. The molecule has 0 saturated heterocycles. The molecular formula is C22H17N3O3S. The van der Waals surface area contributed by atoms with E-state index in [1.54, 1.807) is 6.07 Å². The highest BCUT2D eigenvalue weighted by atomic mass is 32.1. The summed E-state index contributed by atoms with van der Waals surface area (Å²) in [5.74, 6) is -1.05. The normalized spacial score (nSPS) is 10.7. The molecule has 2 heterocycles. The zero-order valence-electron chi connectivity index (χ0n) is 15.5. The highest BCUT2D eigenvalue weighted by molar-refractivity contribution is 7.17. The summed E-state index contributed by atoms with van der Waals surface area (Å²) in [5.41, 5.74) is 8.91. The first-order chi connectivity index (χ1) is 14.0. The number of benzene rings is 2. The van der Waals surface area contributed by atoms with Gasteiger partial charge in [0, 0.05) is 22.1 Å². The van der Waals surface area contributed by atoms with Crippen LogP contribution in [0.5, 0.6) is 0 Å².